The molecule has 0 heterocycles. The van der Waals surface area contributed by atoms with Crippen molar-refractivity contribution in [1.82, 2.24) is 0 Å². The predicted octanol–water partition coefficient (Wildman–Crippen LogP) is 4.85. The highest BCUT2D eigenvalue weighted by molar-refractivity contribution is 9.10. The van der Waals surface area contributed by atoms with Crippen LogP contribution in [0.1, 0.15) is 57.6 Å². The number of rotatable bonds is 4. The van der Waals surface area contributed by atoms with E-state index >= 15 is 0 Å². The van der Waals surface area contributed by atoms with Crippen LogP contribution in [-0.2, 0) is 0 Å². The van der Waals surface area contributed by atoms with E-state index in [0.717, 1.165) is 34.5 Å². The number of hydrogen-bond donors (Lipinski definition) is 1. The Labute approximate surface area is 124 Å². The van der Waals surface area contributed by atoms with Crippen LogP contribution in [0.15, 0.2) is 22.7 Å². The van der Waals surface area contributed by atoms with Gasteiger partial charge in [-0.25, -0.2) is 0 Å². The van der Waals surface area contributed by atoms with Crippen molar-refractivity contribution < 1.29 is 9.84 Å². The predicted molar refractivity (Wildman–Crippen MR) is 81.4 cm³/mol. The minimum Gasteiger partial charge on any atom is -0.490 e. The van der Waals surface area contributed by atoms with E-state index in [4.69, 9.17) is 4.74 Å². The van der Waals surface area contributed by atoms with Gasteiger partial charge < -0.3 is 9.84 Å². The van der Waals surface area contributed by atoms with Crippen molar-refractivity contribution in [3.63, 3.8) is 0 Å². The maximum absolute atomic E-state index is 9.86. The number of hydrogen-bond acceptors (Lipinski definition) is 2. The van der Waals surface area contributed by atoms with E-state index in [1.54, 1.807) is 6.92 Å². The first-order valence-electron chi connectivity index (χ1n) is 7.24. The number of ether oxygens (including phenoxy) is 1. The van der Waals surface area contributed by atoms with Crippen molar-refractivity contribution in [3.8, 4) is 5.75 Å². The van der Waals surface area contributed by atoms with Crippen LogP contribution in [0.4, 0.5) is 0 Å². The summed E-state index contributed by atoms with van der Waals surface area (Å²) in [6.45, 7) is 4.04. The quantitative estimate of drug-likeness (QED) is 0.856. The first kappa shape index (κ1) is 14.9. The zero-order chi connectivity index (χ0) is 13.8. The van der Waals surface area contributed by atoms with Crippen LogP contribution in [0.5, 0.6) is 5.75 Å². The van der Waals surface area contributed by atoms with Gasteiger partial charge in [0.15, 0.2) is 0 Å². The maximum Gasteiger partial charge on any atom is 0.125 e. The average Bonchev–Trinajstić information content (AvgIpc) is 2.41. The number of aliphatic hydroxyl groups excluding tert-OH is 1. The van der Waals surface area contributed by atoms with E-state index in [1.807, 2.05) is 18.2 Å². The molecule has 1 aromatic rings. The smallest absolute Gasteiger partial charge is 0.125 e. The van der Waals surface area contributed by atoms with Crippen LogP contribution >= 0.6 is 15.9 Å². The molecule has 0 bridgehead atoms. The van der Waals surface area contributed by atoms with Crippen molar-refractivity contribution in [2.24, 2.45) is 5.92 Å². The summed E-state index contributed by atoms with van der Waals surface area (Å²) >= 11 is 3.44. The average molecular weight is 327 g/mol. The third-order valence-corrected chi connectivity index (χ3v) is 4.52. The summed E-state index contributed by atoms with van der Waals surface area (Å²) in [4.78, 5) is 0. The van der Waals surface area contributed by atoms with Gasteiger partial charge in [0.25, 0.3) is 0 Å². The van der Waals surface area contributed by atoms with Gasteiger partial charge in [-0.1, -0.05) is 35.7 Å². The van der Waals surface area contributed by atoms with Gasteiger partial charge in [0.2, 0.25) is 0 Å². The molecule has 0 aliphatic heterocycles. The molecule has 2 nitrogen and oxygen atoms in total. The van der Waals surface area contributed by atoms with E-state index < -0.39 is 6.10 Å². The number of aliphatic hydroxyl groups is 1. The molecule has 1 aliphatic rings. The van der Waals surface area contributed by atoms with Crippen LogP contribution in [0, 0.1) is 5.92 Å². The Balaban J connectivity index is 2.10. The zero-order valence-corrected chi connectivity index (χ0v) is 13.3. The fraction of sp³-hybridized carbons (Fsp3) is 0.625. The van der Waals surface area contributed by atoms with Crippen LogP contribution < -0.4 is 4.74 Å². The maximum atomic E-state index is 9.86. The number of halogens is 1. The fourth-order valence-corrected chi connectivity index (χ4v) is 3.23. The van der Waals surface area contributed by atoms with Crippen molar-refractivity contribution in [2.45, 2.75) is 58.2 Å². The summed E-state index contributed by atoms with van der Waals surface area (Å²) in [6.07, 6.45) is 5.90. The lowest BCUT2D eigenvalue weighted by Gasteiger charge is -2.30. The molecule has 3 heteroatoms. The van der Waals surface area contributed by atoms with Gasteiger partial charge in [0.1, 0.15) is 5.75 Å². The zero-order valence-electron chi connectivity index (χ0n) is 11.7. The van der Waals surface area contributed by atoms with E-state index in [2.05, 4.69) is 22.9 Å². The molecule has 2 unspecified atom stereocenters. The largest absolute Gasteiger partial charge is 0.490 e. The molecular weight excluding hydrogens is 304 g/mol. The minimum atomic E-state index is -0.502. The van der Waals surface area contributed by atoms with Crippen molar-refractivity contribution in [3.05, 3.63) is 28.2 Å². The topological polar surface area (TPSA) is 29.5 Å². The highest BCUT2D eigenvalue weighted by atomic mass is 79.9. The van der Waals surface area contributed by atoms with Crippen molar-refractivity contribution in [1.29, 1.82) is 0 Å². The second kappa shape index (κ2) is 6.76. The fourth-order valence-electron chi connectivity index (χ4n) is 2.85. The Hall–Kier alpha value is -0.540. The lowest BCUT2D eigenvalue weighted by Crippen LogP contribution is -2.25. The molecule has 3 atom stereocenters. The van der Waals surface area contributed by atoms with Gasteiger partial charge in [0, 0.05) is 10.0 Å². The van der Waals surface area contributed by atoms with Gasteiger partial charge >= 0.3 is 0 Å². The molecule has 0 saturated heterocycles. The van der Waals surface area contributed by atoms with Gasteiger partial charge in [-0.05, 0) is 50.3 Å². The Kier molecular flexibility index (Phi) is 5.28. The standard InChI is InChI=1S/C16H23BrO2/c1-3-12-5-4-6-14(9-12)19-16-8-7-13(17)10-15(16)11(2)18/h7-8,10-12,14,18H,3-6,9H2,1-2H3/t11-,12?,14?/m1/s1. The van der Waals surface area contributed by atoms with E-state index in [1.165, 1.54) is 19.3 Å². The summed E-state index contributed by atoms with van der Waals surface area (Å²) in [6, 6.07) is 5.88. The summed E-state index contributed by atoms with van der Waals surface area (Å²) in [5.74, 6) is 1.63. The van der Waals surface area contributed by atoms with Crippen LogP contribution in [0.25, 0.3) is 0 Å². The van der Waals surface area contributed by atoms with E-state index in [9.17, 15) is 5.11 Å². The van der Waals surface area contributed by atoms with Gasteiger partial charge in [-0.2, -0.15) is 0 Å². The lowest BCUT2D eigenvalue weighted by molar-refractivity contribution is 0.115. The molecule has 2 rings (SSSR count). The molecule has 19 heavy (non-hydrogen) atoms. The van der Waals surface area contributed by atoms with Gasteiger partial charge in [-0.15, -0.1) is 0 Å². The van der Waals surface area contributed by atoms with Crippen LogP contribution in [0.2, 0.25) is 0 Å². The molecule has 1 saturated carbocycles. The summed E-state index contributed by atoms with van der Waals surface area (Å²) < 4.78 is 7.13. The molecule has 0 aromatic heterocycles. The van der Waals surface area contributed by atoms with Crippen LogP contribution in [-0.4, -0.2) is 11.2 Å². The summed E-state index contributed by atoms with van der Waals surface area (Å²) in [5.41, 5.74) is 0.869. The Morgan fingerprint density at radius 3 is 2.89 bits per heavy atom. The minimum absolute atomic E-state index is 0.303. The molecule has 1 fully saturated rings. The first-order chi connectivity index (χ1) is 9.10. The Morgan fingerprint density at radius 1 is 1.42 bits per heavy atom. The van der Waals surface area contributed by atoms with Gasteiger partial charge in [0.05, 0.1) is 12.2 Å². The molecular formula is C16H23BrO2. The summed E-state index contributed by atoms with van der Waals surface area (Å²) in [5, 5.41) is 9.86. The molecule has 0 radical (unpaired) electrons. The molecule has 1 aromatic carbocycles. The molecule has 0 amide bonds. The van der Waals surface area contributed by atoms with Crippen LogP contribution in [0.3, 0.4) is 0 Å². The molecule has 106 valence electrons. The van der Waals surface area contributed by atoms with E-state index in [-0.39, 0.29) is 0 Å². The Morgan fingerprint density at radius 2 is 2.21 bits per heavy atom. The SMILES string of the molecule is CCC1CCCC(Oc2ccc(Br)cc2[C@@H](C)O)C1. The molecule has 0 spiro atoms. The summed E-state index contributed by atoms with van der Waals surface area (Å²) in [7, 11) is 0. The highest BCUT2D eigenvalue weighted by Gasteiger charge is 2.23. The number of benzene rings is 1. The van der Waals surface area contributed by atoms with Crippen molar-refractivity contribution in [2.75, 3.05) is 0 Å². The molecule has 1 N–H and O–H groups in total. The second-order valence-electron chi connectivity index (χ2n) is 5.54. The molecule has 1 aliphatic carbocycles. The highest BCUT2D eigenvalue weighted by Crippen LogP contribution is 2.33. The van der Waals surface area contributed by atoms with E-state index in [0.29, 0.717) is 6.10 Å². The van der Waals surface area contributed by atoms with Crippen molar-refractivity contribution >= 4 is 15.9 Å². The lowest BCUT2D eigenvalue weighted by atomic mass is 9.85. The third-order valence-electron chi connectivity index (χ3n) is 4.03. The third kappa shape index (κ3) is 3.96. The first-order valence-corrected chi connectivity index (χ1v) is 8.03. The van der Waals surface area contributed by atoms with Gasteiger partial charge in [-0.3, -0.25) is 0 Å². The normalized spacial score (nSPS) is 25.1. The Bertz CT molecular complexity index is 417. The second-order valence-corrected chi connectivity index (χ2v) is 6.45. The monoisotopic (exact) mass is 326 g/mol.